The summed E-state index contributed by atoms with van der Waals surface area (Å²) in [6.07, 6.45) is 0. The van der Waals surface area contributed by atoms with Gasteiger partial charge in [-0.05, 0) is 44.2 Å². The Kier molecular flexibility index (Phi) is 5.43. The maximum Gasteiger partial charge on any atom is 0.159 e. The lowest BCUT2D eigenvalue weighted by molar-refractivity contribution is 0.101. The average molecular weight is 324 g/mol. The number of nitriles is 1. The van der Waals surface area contributed by atoms with Crippen LogP contribution in [0.2, 0.25) is 0 Å². The zero-order chi connectivity index (χ0) is 17.7. The maximum absolute atomic E-state index is 11.6. The second kappa shape index (κ2) is 7.51. The van der Waals surface area contributed by atoms with E-state index < -0.39 is 0 Å². The number of carbonyl (C=O) groups excluding carboxylic acids is 1. The zero-order valence-electron chi connectivity index (χ0n) is 14.2. The van der Waals surface area contributed by atoms with Gasteiger partial charge in [-0.2, -0.15) is 5.26 Å². The molecule has 0 saturated heterocycles. The van der Waals surface area contributed by atoms with Crippen LogP contribution in [0.3, 0.4) is 0 Å². The fourth-order valence-electron chi connectivity index (χ4n) is 2.47. The molecular formula is C19H20N2O3. The molecule has 24 heavy (non-hydrogen) atoms. The molecule has 0 aliphatic heterocycles. The molecule has 5 heteroatoms. The first-order valence-electron chi connectivity index (χ1n) is 7.53. The van der Waals surface area contributed by atoms with Crippen molar-refractivity contribution in [1.82, 2.24) is 0 Å². The number of ether oxygens (including phenoxy) is 2. The predicted octanol–water partition coefficient (Wildman–Crippen LogP) is 3.95. The summed E-state index contributed by atoms with van der Waals surface area (Å²) >= 11 is 0. The van der Waals surface area contributed by atoms with E-state index in [2.05, 4.69) is 11.4 Å². The summed E-state index contributed by atoms with van der Waals surface area (Å²) in [5.41, 5.74) is 2.59. The van der Waals surface area contributed by atoms with Crippen LogP contribution in [0.4, 0.5) is 5.69 Å². The number of benzene rings is 2. The van der Waals surface area contributed by atoms with Crippen LogP contribution in [-0.2, 0) is 0 Å². The molecule has 0 heterocycles. The van der Waals surface area contributed by atoms with Crippen LogP contribution in [0.25, 0.3) is 0 Å². The van der Waals surface area contributed by atoms with Crippen molar-refractivity contribution in [3.8, 4) is 17.6 Å². The highest BCUT2D eigenvalue weighted by molar-refractivity contribution is 5.95. The second-order valence-corrected chi connectivity index (χ2v) is 5.40. The van der Waals surface area contributed by atoms with E-state index in [1.165, 1.54) is 6.92 Å². The monoisotopic (exact) mass is 324 g/mol. The molecule has 5 nitrogen and oxygen atoms in total. The van der Waals surface area contributed by atoms with Gasteiger partial charge in [0, 0.05) is 17.2 Å². The van der Waals surface area contributed by atoms with Gasteiger partial charge in [0.15, 0.2) is 5.78 Å². The topological polar surface area (TPSA) is 71.3 Å². The molecule has 1 unspecified atom stereocenters. The van der Waals surface area contributed by atoms with Crippen LogP contribution in [0, 0.1) is 11.3 Å². The molecule has 0 aromatic heterocycles. The van der Waals surface area contributed by atoms with Crippen molar-refractivity contribution in [3.05, 3.63) is 53.1 Å². The molecule has 2 aromatic carbocycles. The lowest BCUT2D eigenvalue weighted by Crippen LogP contribution is -2.10. The van der Waals surface area contributed by atoms with E-state index in [-0.39, 0.29) is 11.8 Å². The number of carbonyl (C=O) groups is 1. The first kappa shape index (κ1) is 17.4. The van der Waals surface area contributed by atoms with Crippen LogP contribution >= 0.6 is 0 Å². The Labute approximate surface area is 141 Å². The Balaban J connectivity index is 2.36. The zero-order valence-corrected chi connectivity index (χ0v) is 14.2. The van der Waals surface area contributed by atoms with Gasteiger partial charge in [-0.25, -0.2) is 0 Å². The Morgan fingerprint density at radius 2 is 1.92 bits per heavy atom. The number of anilines is 1. The third-order valence-corrected chi connectivity index (χ3v) is 3.83. The number of hydrogen-bond donors (Lipinski definition) is 1. The van der Waals surface area contributed by atoms with E-state index in [4.69, 9.17) is 9.47 Å². The molecule has 2 rings (SSSR count). The van der Waals surface area contributed by atoms with Crippen LogP contribution in [0.15, 0.2) is 36.4 Å². The molecular weight excluding hydrogens is 304 g/mol. The second-order valence-electron chi connectivity index (χ2n) is 5.40. The van der Waals surface area contributed by atoms with Gasteiger partial charge in [-0.1, -0.05) is 0 Å². The third-order valence-electron chi connectivity index (χ3n) is 3.83. The van der Waals surface area contributed by atoms with Crippen LogP contribution in [0.5, 0.6) is 11.5 Å². The normalized spacial score (nSPS) is 11.3. The van der Waals surface area contributed by atoms with E-state index in [1.54, 1.807) is 32.4 Å². The summed E-state index contributed by atoms with van der Waals surface area (Å²) < 4.78 is 10.6. The van der Waals surface area contributed by atoms with Gasteiger partial charge in [-0.3, -0.25) is 4.79 Å². The summed E-state index contributed by atoms with van der Waals surface area (Å²) in [6.45, 7) is 3.47. The highest BCUT2D eigenvalue weighted by Gasteiger charge is 2.15. The van der Waals surface area contributed by atoms with E-state index in [1.807, 2.05) is 25.1 Å². The van der Waals surface area contributed by atoms with E-state index in [0.717, 1.165) is 5.56 Å². The summed E-state index contributed by atoms with van der Waals surface area (Å²) in [7, 11) is 3.20. The highest BCUT2D eigenvalue weighted by Crippen LogP contribution is 2.32. The molecule has 0 aliphatic rings. The Morgan fingerprint density at radius 3 is 2.50 bits per heavy atom. The van der Waals surface area contributed by atoms with Crippen molar-refractivity contribution in [3.63, 3.8) is 0 Å². The number of hydrogen-bond acceptors (Lipinski definition) is 5. The Hall–Kier alpha value is -3.00. The van der Waals surface area contributed by atoms with Gasteiger partial charge in [0.1, 0.15) is 17.6 Å². The molecule has 0 aliphatic carbocycles. The molecule has 0 saturated carbocycles. The average Bonchev–Trinajstić information content (AvgIpc) is 2.60. The number of nitrogens with zero attached hydrogens (tertiary/aromatic N) is 1. The number of rotatable bonds is 6. The SMILES string of the molecule is COc1ccc(C(C)Nc2cc(C(C)=O)ccc2C#N)c(OC)c1. The van der Waals surface area contributed by atoms with E-state index in [9.17, 15) is 10.1 Å². The van der Waals surface area contributed by atoms with Gasteiger partial charge >= 0.3 is 0 Å². The van der Waals surface area contributed by atoms with Crippen molar-refractivity contribution in [2.75, 3.05) is 19.5 Å². The van der Waals surface area contributed by atoms with Gasteiger partial charge in [0.25, 0.3) is 0 Å². The standard InChI is InChI=1S/C19H20N2O3/c1-12(17-8-7-16(23-3)10-19(17)24-4)21-18-9-14(13(2)22)5-6-15(18)11-20/h5-10,12,21H,1-4H3. The van der Waals surface area contributed by atoms with E-state index in [0.29, 0.717) is 28.3 Å². The smallest absolute Gasteiger partial charge is 0.159 e. The van der Waals surface area contributed by atoms with Crippen LogP contribution < -0.4 is 14.8 Å². The summed E-state index contributed by atoms with van der Waals surface area (Å²) in [5, 5.41) is 12.6. The fourth-order valence-corrected chi connectivity index (χ4v) is 2.47. The first-order chi connectivity index (χ1) is 11.5. The summed E-state index contributed by atoms with van der Waals surface area (Å²) in [5.74, 6) is 1.35. The highest BCUT2D eigenvalue weighted by atomic mass is 16.5. The number of nitrogens with one attached hydrogen (secondary N) is 1. The van der Waals surface area contributed by atoms with Gasteiger partial charge in [-0.15, -0.1) is 0 Å². The quantitative estimate of drug-likeness (QED) is 0.815. The molecule has 2 aromatic rings. The van der Waals surface area contributed by atoms with Crippen LogP contribution in [-0.4, -0.2) is 20.0 Å². The number of ketones is 1. The molecule has 0 bridgehead atoms. The van der Waals surface area contributed by atoms with Crippen LogP contribution in [0.1, 0.15) is 41.4 Å². The van der Waals surface area contributed by atoms with Gasteiger partial charge in [0.05, 0.1) is 31.5 Å². The van der Waals surface area contributed by atoms with Gasteiger partial charge < -0.3 is 14.8 Å². The first-order valence-corrected chi connectivity index (χ1v) is 7.53. The van der Waals surface area contributed by atoms with Crippen molar-refractivity contribution in [1.29, 1.82) is 5.26 Å². The van der Waals surface area contributed by atoms with Gasteiger partial charge in [0.2, 0.25) is 0 Å². The molecule has 0 fully saturated rings. The summed E-state index contributed by atoms with van der Waals surface area (Å²) in [6, 6.07) is 12.6. The van der Waals surface area contributed by atoms with Crippen molar-refractivity contribution in [2.45, 2.75) is 19.9 Å². The molecule has 1 N–H and O–H groups in total. The number of Topliss-reactive ketones (excluding diaryl/α,β-unsaturated/α-hetero) is 1. The van der Waals surface area contributed by atoms with E-state index >= 15 is 0 Å². The lowest BCUT2D eigenvalue weighted by Gasteiger charge is -2.20. The minimum absolute atomic E-state index is 0.0442. The maximum atomic E-state index is 11.6. The molecule has 1 atom stereocenters. The van der Waals surface area contributed by atoms with Crippen molar-refractivity contribution < 1.29 is 14.3 Å². The van der Waals surface area contributed by atoms with Crippen molar-refractivity contribution in [2.24, 2.45) is 0 Å². The Morgan fingerprint density at radius 1 is 1.17 bits per heavy atom. The minimum Gasteiger partial charge on any atom is -0.497 e. The molecule has 0 radical (unpaired) electrons. The molecule has 0 amide bonds. The summed E-state index contributed by atoms with van der Waals surface area (Å²) in [4.78, 5) is 11.6. The minimum atomic E-state index is -0.125. The Bertz CT molecular complexity index is 794. The largest absolute Gasteiger partial charge is 0.497 e. The third kappa shape index (κ3) is 3.66. The molecule has 124 valence electrons. The molecule has 0 spiro atoms. The lowest BCUT2D eigenvalue weighted by atomic mass is 10.0. The number of methoxy groups -OCH3 is 2. The predicted molar refractivity (Wildman–Crippen MR) is 92.7 cm³/mol. The van der Waals surface area contributed by atoms with Crippen molar-refractivity contribution >= 4 is 11.5 Å². The fraction of sp³-hybridized carbons (Fsp3) is 0.263.